The highest BCUT2D eigenvalue weighted by molar-refractivity contribution is 5.90. The predicted molar refractivity (Wildman–Crippen MR) is 73.6 cm³/mol. The van der Waals surface area contributed by atoms with Gasteiger partial charge in [0.15, 0.2) is 0 Å². The number of hydrogen-bond donors (Lipinski definition) is 4. The standard InChI is InChI=1S/C14H20O7/c1-8(13(18)19)10(3-5-15)12(7-17)11(4-6-16)9(2)14(20)21/h7,12,15-16H,3-6H2,1-2H3,(H,18,19)(H,20,21). The van der Waals surface area contributed by atoms with Crippen LogP contribution >= 0.6 is 0 Å². The molecule has 0 spiro atoms. The average Bonchev–Trinajstić information content (AvgIpc) is 2.44. The van der Waals surface area contributed by atoms with E-state index in [0.29, 0.717) is 6.29 Å². The second-order valence-corrected chi connectivity index (χ2v) is 4.47. The number of carboxylic acid groups (broad SMARTS) is 2. The molecule has 0 saturated carbocycles. The van der Waals surface area contributed by atoms with Crippen molar-refractivity contribution in [3.8, 4) is 0 Å². The third kappa shape index (κ3) is 5.13. The lowest BCUT2D eigenvalue weighted by atomic mass is 9.83. The molecule has 0 aliphatic carbocycles. The van der Waals surface area contributed by atoms with Gasteiger partial charge in [0.05, 0.1) is 5.92 Å². The van der Waals surface area contributed by atoms with E-state index in [-0.39, 0.29) is 48.3 Å². The summed E-state index contributed by atoms with van der Waals surface area (Å²) in [6, 6.07) is 0. The first-order valence-corrected chi connectivity index (χ1v) is 6.34. The smallest absolute Gasteiger partial charge is 0.331 e. The van der Waals surface area contributed by atoms with Gasteiger partial charge in [0, 0.05) is 24.4 Å². The van der Waals surface area contributed by atoms with Crippen LogP contribution in [0, 0.1) is 5.92 Å². The Morgan fingerprint density at radius 3 is 1.43 bits per heavy atom. The molecule has 0 aromatic rings. The summed E-state index contributed by atoms with van der Waals surface area (Å²) >= 11 is 0. The van der Waals surface area contributed by atoms with E-state index in [1.54, 1.807) is 0 Å². The molecule has 0 radical (unpaired) electrons. The number of carbonyl (C=O) groups is 3. The molecule has 0 aliphatic heterocycles. The van der Waals surface area contributed by atoms with Gasteiger partial charge in [-0.15, -0.1) is 0 Å². The normalized spacial score (nSPS) is 14.9. The maximum absolute atomic E-state index is 11.4. The summed E-state index contributed by atoms with van der Waals surface area (Å²) < 4.78 is 0. The molecule has 0 saturated heterocycles. The minimum Gasteiger partial charge on any atom is -0.478 e. The van der Waals surface area contributed by atoms with Gasteiger partial charge in [-0.1, -0.05) is 0 Å². The molecule has 0 bridgehead atoms. The number of rotatable bonds is 9. The Bertz CT molecular complexity index is 434. The summed E-state index contributed by atoms with van der Waals surface area (Å²) in [5, 5.41) is 36.2. The molecule has 7 heteroatoms. The zero-order valence-corrected chi connectivity index (χ0v) is 12.0. The molecule has 0 aromatic carbocycles. The van der Waals surface area contributed by atoms with Crippen molar-refractivity contribution in [2.24, 2.45) is 5.92 Å². The average molecular weight is 300 g/mol. The van der Waals surface area contributed by atoms with Crippen LogP contribution < -0.4 is 0 Å². The fraction of sp³-hybridized carbons (Fsp3) is 0.500. The highest BCUT2D eigenvalue weighted by atomic mass is 16.4. The van der Waals surface area contributed by atoms with Gasteiger partial charge in [0.2, 0.25) is 0 Å². The van der Waals surface area contributed by atoms with Crippen LogP contribution in [-0.2, 0) is 14.4 Å². The third-order valence-corrected chi connectivity index (χ3v) is 3.25. The van der Waals surface area contributed by atoms with Crippen LogP contribution in [0.25, 0.3) is 0 Å². The van der Waals surface area contributed by atoms with E-state index >= 15 is 0 Å². The summed E-state index contributed by atoms with van der Waals surface area (Å²) in [7, 11) is 0. The van der Waals surface area contributed by atoms with Gasteiger partial charge in [-0.3, -0.25) is 0 Å². The topological polar surface area (TPSA) is 132 Å². The van der Waals surface area contributed by atoms with Gasteiger partial charge in [0.1, 0.15) is 6.29 Å². The Balaban J connectivity index is 6.08. The number of aliphatic hydroxyl groups excluding tert-OH is 2. The summed E-state index contributed by atoms with van der Waals surface area (Å²) in [6.45, 7) is 1.83. The van der Waals surface area contributed by atoms with Crippen molar-refractivity contribution in [2.75, 3.05) is 13.2 Å². The zero-order chi connectivity index (χ0) is 16.6. The lowest BCUT2D eigenvalue weighted by Crippen LogP contribution is -2.19. The van der Waals surface area contributed by atoms with Gasteiger partial charge >= 0.3 is 11.9 Å². The molecular weight excluding hydrogens is 280 g/mol. The Morgan fingerprint density at radius 2 is 1.24 bits per heavy atom. The van der Waals surface area contributed by atoms with Gasteiger partial charge in [-0.2, -0.15) is 0 Å². The molecule has 0 heterocycles. The second-order valence-electron chi connectivity index (χ2n) is 4.47. The molecule has 7 nitrogen and oxygen atoms in total. The lowest BCUT2D eigenvalue weighted by molar-refractivity contribution is -0.133. The first-order chi connectivity index (χ1) is 9.81. The Hall–Kier alpha value is -1.99. The first kappa shape index (κ1) is 19.0. The van der Waals surface area contributed by atoms with Crippen LogP contribution in [0.15, 0.2) is 22.3 Å². The molecule has 0 fully saturated rings. The van der Waals surface area contributed by atoms with Crippen LogP contribution in [0.4, 0.5) is 0 Å². The number of carboxylic acids is 2. The van der Waals surface area contributed by atoms with Crippen molar-refractivity contribution in [3.63, 3.8) is 0 Å². The minimum absolute atomic E-state index is 0.0661. The Kier molecular flexibility index (Phi) is 8.18. The fourth-order valence-corrected chi connectivity index (χ4v) is 2.04. The molecule has 0 aliphatic rings. The van der Waals surface area contributed by atoms with E-state index in [4.69, 9.17) is 20.4 Å². The van der Waals surface area contributed by atoms with Crippen LogP contribution in [-0.4, -0.2) is 51.9 Å². The Labute approximate surface area is 122 Å². The first-order valence-electron chi connectivity index (χ1n) is 6.34. The van der Waals surface area contributed by atoms with E-state index in [9.17, 15) is 14.4 Å². The number of hydrogen-bond acceptors (Lipinski definition) is 5. The molecule has 0 amide bonds. The van der Waals surface area contributed by atoms with Crippen molar-refractivity contribution in [1.82, 2.24) is 0 Å². The number of aldehydes is 1. The van der Waals surface area contributed by atoms with Crippen molar-refractivity contribution in [1.29, 1.82) is 0 Å². The molecule has 118 valence electrons. The van der Waals surface area contributed by atoms with Crippen molar-refractivity contribution >= 4 is 18.2 Å². The van der Waals surface area contributed by atoms with Gasteiger partial charge in [-0.25, -0.2) is 9.59 Å². The summed E-state index contributed by atoms with van der Waals surface area (Å²) in [5.41, 5.74) is 0.0534. The predicted octanol–water partition coefficient (Wildman–Crippen LogP) is 0.369. The van der Waals surface area contributed by atoms with E-state index in [2.05, 4.69) is 0 Å². The largest absolute Gasteiger partial charge is 0.478 e. The van der Waals surface area contributed by atoms with E-state index < -0.39 is 17.9 Å². The maximum Gasteiger partial charge on any atom is 0.331 e. The highest BCUT2D eigenvalue weighted by Crippen LogP contribution is 2.29. The molecule has 0 rings (SSSR count). The molecule has 0 atom stereocenters. The zero-order valence-electron chi connectivity index (χ0n) is 12.0. The SMILES string of the molecule is CC(C(=O)O)=C(CCO)C(C=O)C(CCO)=C(C)C(=O)O. The van der Waals surface area contributed by atoms with E-state index in [1.807, 2.05) is 0 Å². The number of aliphatic hydroxyl groups is 2. The molecule has 0 unspecified atom stereocenters. The second kappa shape index (κ2) is 9.04. The molecular formula is C14H20O7. The number of aliphatic carboxylic acids is 2. The Morgan fingerprint density at radius 1 is 0.905 bits per heavy atom. The van der Waals surface area contributed by atoms with E-state index in [0.717, 1.165) is 0 Å². The molecule has 21 heavy (non-hydrogen) atoms. The quantitative estimate of drug-likeness (QED) is 0.357. The number of carbonyl (C=O) groups excluding carboxylic acids is 1. The monoisotopic (exact) mass is 300 g/mol. The molecule has 4 N–H and O–H groups in total. The maximum atomic E-state index is 11.4. The molecule has 0 aromatic heterocycles. The van der Waals surface area contributed by atoms with Crippen LogP contribution in [0.2, 0.25) is 0 Å². The summed E-state index contributed by atoms with van der Waals surface area (Å²) in [6.07, 6.45) is 0.307. The third-order valence-electron chi connectivity index (χ3n) is 3.25. The summed E-state index contributed by atoms with van der Waals surface area (Å²) in [4.78, 5) is 33.5. The highest BCUT2D eigenvalue weighted by Gasteiger charge is 2.25. The van der Waals surface area contributed by atoms with Crippen molar-refractivity contribution in [3.05, 3.63) is 22.3 Å². The minimum atomic E-state index is -1.25. The van der Waals surface area contributed by atoms with Crippen molar-refractivity contribution in [2.45, 2.75) is 26.7 Å². The van der Waals surface area contributed by atoms with E-state index in [1.165, 1.54) is 13.8 Å². The van der Waals surface area contributed by atoms with Crippen LogP contribution in [0.1, 0.15) is 26.7 Å². The fourth-order valence-electron chi connectivity index (χ4n) is 2.04. The van der Waals surface area contributed by atoms with Gasteiger partial charge in [-0.05, 0) is 37.8 Å². The van der Waals surface area contributed by atoms with Crippen LogP contribution in [0.3, 0.4) is 0 Å². The van der Waals surface area contributed by atoms with Crippen LogP contribution in [0.5, 0.6) is 0 Å². The summed E-state index contributed by atoms with van der Waals surface area (Å²) in [5.74, 6) is -3.58. The lowest BCUT2D eigenvalue weighted by Gasteiger charge is -2.20. The van der Waals surface area contributed by atoms with Crippen molar-refractivity contribution < 1.29 is 34.8 Å². The van der Waals surface area contributed by atoms with Gasteiger partial charge in [0.25, 0.3) is 0 Å². The van der Waals surface area contributed by atoms with Gasteiger partial charge < -0.3 is 25.2 Å².